The number of sulfonamides is 1. The summed E-state index contributed by atoms with van der Waals surface area (Å²) < 4.78 is 27.3. The van der Waals surface area contributed by atoms with Crippen molar-refractivity contribution >= 4 is 21.4 Å². The van der Waals surface area contributed by atoms with E-state index in [9.17, 15) is 8.42 Å². The molecule has 0 atom stereocenters. The van der Waals surface area contributed by atoms with Crippen LogP contribution in [0.5, 0.6) is 0 Å². The zero-order valence-corrected chi connectivity index (χ0v) is 14.6. The summed E-state index contributed by atoms with van der Waals surface area (Å²) >= 11 is 1.32. The molecule has 0 amide bonds. The molecule has 5 nitrogen and oxygen atoms in total. The van der Waals surface area contributed by atoms with Crippen molar-refractivity contribution in [1.29, 1.82) is 0 Å². The average molecular weight is 332 g/mol. The highest BCUT2D eigenvalue weighted by Crippen LogP contribution is 2.25. The summed E-state index contributed by atoms with van der Waals surface area (Å²) in [6.07, 6.45) is 0. The lowest BCUT2D eigenvalue weighted by atomic mass is 10.2. The first kappa shape index (κ1) is 16.9. The van der Waals surface area contributed by atoms with Gasteiger partial charge in [-0.05, 0) is 30.0 Å². The van der Waals surface area contributed by atoms with Gasteiger partial charge in [-0.3, -0.25) is 0 Å². The van der Waals surface area contributed by atoms with Gasteiger partial charge >= 0.3 is 0 Å². The van der Waals surface area contributed by atoms with Gasteiger partial charge in [-0.2, -0.15) is 4.31 Å². The van der Waals surface area contributed by atoms with E-state index in [-0.39, 0.29) is 0 Å². The summed E-state index contributed by atoms with van der Waals surface area (Å²) in [5.74, 6) is 0.620. The average Bonchev–Trinajstić information content (AvgIpc) is 2.88. The van der Waals surface area contributed by atoms with Gasteiger partial charge in [0.2, 0.25) is 0 Å². The topological polar surface area (TPSA) is 52.7 Å². The van der Waals surface area contributed by atoms with Gasteiger partial charge in [-0.25, -0.2) is 8.42 Å². The minimum atomic E-state index is -3.31. The molecule has 1 saturated heterocycles. The van der Waals surface area contributed by atoms with Crippen molar-refractivity contribution in [3.05, 3.63) is 17.0 Å². The van der Waals surface area contributed by atoms with E-state index >= 15 is 0 Å². The summed E-state index contributed by atoms with van der Waals surface area (Å²) in [4.78, 5) is 2.34. The van der Waals surface area contributed by atoms with Gasteiger partial charge in [0.05, 0.1) is 0 Å². The van der Waals surface area contributed by atoms with Gasteiger partial charge < -0.3 is 10.2 Å². The molecule has 0 aromatic carbocycles. The van der Waals surface area contributed by atoms with E-state index in [4.69, 9.17) is 0 Å². The molecule has 1 aliphatic heterocycles. The van der Waals surface area contributed by atoms with Crippen molar-refractivity contribution in [3.63, 3.8) is 0 Å². The van der Waals surface area contributed by atoms with Gasteiger partial charge in [0.25, 0.3) is 10.0 Å². The number of nitrogens with zero attached hydrogens (tertiary/aromatic N) is 2. The van der Waals surface area contributed by atoms with Gasteiger partial charge in [0, 0.05) is 39.3 Å². The van der Waals surface area contributed by atoms with E-state index in [2.05, 4.69) is 24.1 Å². The number of hydrogen-bond donors (Lipinski definition) is 1. The van der Waals surface area contributed by atoms with Crippen molar-refractivity contribution in [2.45, 2.75) is 24.6 Å². The van der Waals surface area contributed by atoms with E-state index in [0.29, 0.717) is 29.8 Å². The van der Waals surface area contributed by atoms with Crippen LogP contribution in [0.15, 0.2) is 15.7 Å². The zero-order valence-electron chi connectivity index (χ0n) is 13.0. The molecule has 1 aromatic heterocycles. The van der Waals surface area contributed by atoms with Crippen LogP contribution in [0.4, 0.5) is 0 Å². The lowest BCUT2D eigenvalue weighted by Crippen LogP contribution is -2.49. The lowest BCUT2D eigenvalue weighted by molar-refractivity contribution is 0.172. The molecule has 1 fully saturated rings. The predicted molar refractivity (Wildman–Crippen MR) is 87.1 cm³/mol. The van der Waals surface area contributed by atoms with E-state index in [1.54, 1.807) is 10.4 Å². The molecule has 0 bridgehead atoms. The molecule has 0 saturated carbocycles. The summed E-state index contributed by atoms with van der Waals surface area (Å²) in [6, 6.07) is 1.79. The lowest BCUT2D eigenvalue weighted by Gasteiger charge is -2.34. The Morgan fingerprint density at radius 2 is 1.95 bits per heavy atom. The van der Waals surface area contributed by atoms with Gasteiger partial charge in [-0.1, -0.05) is 13.8 Å². The van der Waals surface area contributed by atoms with E-state index in [1.165, 1.54) is 11.3 Å². The van der Waals surface area contributed by atoms with Crippen LogP contribution in [0.3, 0.4) is 0 Å². The molecular weight excluding hydrogens is 306 g/mol. The van der Waals surface area contributed by atoms with E-state index in [1.807, 2.05) is 12.4 Å². The first-order valence-corrected chi connectivity index (χ1v) is 9.70. The van der Waals surface area contributed by atoms with Crippen LogP contribution in [0, 0.1) is 5.92 Å². The molecule has 0 aliphatic carbocycles. The van der Waals surface area contributed by atoms with Gasteiger partial charge in [0.1, 0.15) is 4.21 Å². The minimum absolute atomic E-state index is 0.463. The standard InChI is InChI=1S/C14H25N3O2S2/c1-12(2)10-16-4-6-17(7-5-16)21(18,19)14-8-13(9-15-3)11-20-14/h8,11-12,15H,4-7,9-10H2,1-3H3. The molecule has 120 valence electrons. The second-order valence-corrected chi connectivity index (χ2v) is 8.98. The molecule has 2 heterocycles. The fourth-order valence-corrected chi connectivity index (χ4v) is 5.37. The highest BCUT2D eigenvalue weighted by molar-refractivity contribution is 7.91. The first-order valence-electron chi connectivity index (χ1n) is 7.38. The third-order valence-corrected chi connectivity index (χ3v) is 6.92. The van der Waals surface area contributed by atoms with Crippen LogP contribution in [0.2, 0.25) is 0 Å². The summed E-state index contributed by atoms with van der Waals surface area (Å²) in [6.45, 7) is 8.96. The molecular formula is C14H25N3O2S2. The Labute approximate surface area is 132 Å². The van der Waals surface area contributed by atoms with Crippen molar-refractivity contribution in [3.8, 4) is 0 Å². The second kappa shape index (κ2) is 7.19. The van der Waals surface area contributed by atoms with Crippen molar-refractivity contribution < 1.29 is 8.42 Å². The van der Waals surface area contributed by atoms with Crippen LogP contribution >= 0.6 is 11.3 Å². The smallest absolute Gasteiger partial charge is 0.252 e. The zero-order chi connectivity index (χ0) is 15.5. The van der Waals surface area contributed by atoms with Crippen LogP contribution in [0.25, 0.3) is 0 Å². The molecule has 21 heavy (non-hydrogen) atoms. The normalized spacial score (nSPS) is 18.5. The third-order valence-electron chi connectivity index (χ3n) is 3.56. The number of thiophene rings is 1. The maximum absolute atomic E-state index is 12.6. The number of hydrogen-bond acceptors (Lipinski definition) is 5. The highest BCUT2D eigenvalue weighted by Gasteiger charge is 2.29. The van der Waals surface area contributed by atoms with Crippen LogP contribution in [-0.2, 0) is 16.6 Å². The number of nitrogens with one attached hydrogen (secondary N) is 1. The molecule has 2 rings (SSSR count). The highest BCUT2D eigenvalue weighted by atomic mass is 32.2. The minimum Gasteiger partial charge on any atom is -0.316 e. The SMILES string of the molecule is CNCc1csc(S(=O)(=O)N2CCN(CC(C)C)CC2)c1. The Balaban J connectivity index is 2.00. The number of rotatable bonds is 6. The summed E-state index contributed by atoms with van der Waals surface area (Å²) in [5.41, 5.74) is 1.03. The molecule has 1 aliphatic rings. The molecule has 0 spiro atoms. The number of piperazine rings is 1. The summed E-state index contributed by atoms with van der Waals surface area (Å²) in [7, 11) is -1.45. The predicted octanol–water partition coefficient (Wildman–Crippen LogP) is 1.43. The summed E-state index contributed by atoms with van der Waals surface area (Å²) in [5, 5.41) is 4.96. The van der Waals surface area contributed by atoms with Gasteiger partial charge in [-0.15, -0.1) is 11.3 Å². The van der Waals surface area contributed by atoms with Crippen molar-refractivity contribution in [1.82, 2.24) is 14.5 Å². The Kier molecular flexibility index (Phi) is 5.79. The van der Waals surface area contributed by atoms with Crippen molar-refractivity contribution in [2.75, 3.05) is 39.8 Å². The maximum Gasteiger partial charge on any atom is 0.252 e. The van der Waals surface area contributed by atoms with E-state index in [0.717, 1.165) is 25.2 Å². The largest absolute Gasteiger partial charge is 0.316 e. The van der Waals surface area contributed by atoms with Crippen LogP contribution < -0.4 is 5.32 Å². The van der Waals surface area contributed by atoms with Crippen molar-refractivity contribution in [2.24, 2.45) is 5.92 Å². The van der Waals surface area contributed by atoms with E-state index < -0.39 is 10.0 Å². The molecule has 7 heteroatoms. The quantitative estimate of drug-likeness (QED) is 0.857. The van der Waals surface area contributed by atoms with Crippen LogP contribution in [0.1, 0.15) is 19.4 Å². The molecule has 0 unspecified atom stereocenters. The monoisotopic (exact) mass is 331 g/mol. The Bertz CT molecular complexity index is 546. The second-order valence-electron chi connectivity index (χ2n) is 5.90. The Morgan fingerprint density at radius 1 is 1.29 bits per heavy atom. The van der Waals surface area contributed by atoms with Gasteiger partial charge in [0.15, 0.2) is 0 Å². The fourth-order valence-electron chi connectivity index (χ4n) is 2.58. The third kappa shape index (κ3) is 4.26. The molecule has 0 radical (unpaired) electrons. The fraction of sp³-hybridized carbons (Fsp3) is 0.714. The van der Waals surface area contributed by atoms with Crippen LogP contribution in [-0.4, -0.2) is 57.4 Å². The maximum atomic E-state index is 12.6. The Hall–Kier alpha value is -0.470. The molecule has 1 N–H and O–H groups in total. The first-order chi connectivity index (χ1) is 9.93. The Morgan fingerprint density at radius 3 is 2.52 bits per heavy atom. The molecule has 1 aromatic rings.